The molecule has 0 aliphatic rings. The van der Waals surface area contributed by atoms with Crippen molar-refractivity contribution in [1.29, 1.82) is 0 Å². The van der Waals surface area contributed by atoms with Gasteiger partial charge >= 0.3 is 6.18 Å². The average Bonchev–Trinajstić information content (AvgIpc) is 3.35. The Labute approximate surface area is 166 Å². The van der Waals surface area contributed by atoms with Gasteiger partial charge in [-0.2, -0.15) is 18.3 Å². The van der Waals surface area contributed by atoms with Crippen LogP contribution in [-0.2, 0) is 13.2 Å². The summed E-state index contributed by atoms with van der Waals surface area (Å²) in [4.78, 5) is 10.9. The molecule has 0 unspecified atom stereocenters. The highest BCUT2D eigenvalue weighted by Gasteiger charge is 2.35. The Bertz CT molecular complexity index is 1360. The van der Waals surface area contributed by atoms with Gasteiger partial charge in [0.15, 0.2) is 5.65 Å². The van der Waals surface area contributed by atoms with Crippen molar-refractivity contribution in [3.8, 4) is 22.6 Å². The molecule has 4 aromatic heterocycles. The van der Waals surface area contributed by atoms with Gasteiger partial charge in [0, 0.05) is 17.5 Å². The van der Waals surface area contributed by atoms with E-state index in [-0.39, 0.29) is 11.5 Å². The lowest BCUT2D eigenvalue weighted by atomic mass is 10.0. The Balaban J connectivity index is 1.75. The molecule has 5 aromatic rings. The van der Waals surface area contributed by atoms with E-state index in [1.165, 1.54) is 17.9 Å². The molecular formula is C19H13F3N6S. The lowest BCUT2D eigenvalue weighted by molar-refractivity contribution is -0.143. The molecule has 29 heavy (non-hydrogen) atoms. The highest BCUT2D eigenvalue weighted by molar-refractivity contribution is 7.19. The third-order valence-electron chi connectivity index (χ3n) is 4.67. The molecule has 6 nitrogen and oxygen atoms in total. The standard InChI is InChI=1S/C19H13F3N6S/c1-10-14(11-6-4-3-5-7-11)15-17-24-16(26-28(17)9-23-18(15)29-10)12-8-13(19(20,21)22)27(2)25-12/h3-9H,1-2H3. The van der Waals surface area contributed by atoms with Crippen molar-refractivity contribution in [2.24, 2.45) is 7.05 Å². The third-order valence-corrected chi connectivity index (χ3v) is 5.68. The number of hydrogen-bond acceptors (Lipinski definition) is 5. The summed E-state index contributed by atoms with van der Waals surface area (Å²) in [6, 6.07) is 10.8. The zero-order valence-electron chi connectivity index (χ0n) is 15.3. The van der Waals surface area contributed by atoms with E-state index in [0.29, 0.717) is 5.65 Å². The van der Waals surface area contributed by atoms with E-state index in [0.717, 1.165) is 37.0 Å². The molecule has 5 rings (SSSR count). The lowest BCUT2D eigenvalue weighted by Crippen LogP contribution is -2.11. The van der Waals surface area contributed by atoms with Crippen LogP contribution >= 0.6 is 11.3 Å². The molecule has 1 aromatic carbocycles. The quantitative estimate of drug-likeness (QED) is 0.419. The third kappa shape index (κ3) is 2.79. The van der Waals surface area contributed by atoms with Crippen LogP contribution in [0.2, 0.25) is 0 Å². The number of nitrogens with zero attached hydrogens (tertiary/aromatic N) is 6. The molecule has 0 atom stereocenters. The fourth-order valence-corrected chi connectivity index (χ4v) is 4.42. The van der Waals surface area contributed by atoms with E-state index in [1.807, 2.05) is 37.3 Å². The predicted molar refractivity (Wildman–Crippen MR) is 104 cm³/mol. The second-order valence-corrected chi connectivity index (χ2v) is 7.77. The van der Waals surface area contributed by atoms with Crippen molar-refractivity contribution in [1.82, 2.24) is 29.4 Å². The summed E-state index contributed by atoms with van der Waals surface area (Å²) >= 11 is 1.54. The van der Waals surface area contributed by atoms with Crippen molar-refractivity contribution in [2.45, 2.75) is 13.1 Å². The number of rotatable bonds is 2. The van der Waals surface area contributed by atoms with Gasteiger partial charge in [-0.05, 0) is 18.6 Å². The second kappa shape index (κ2) is 6.11. The normalized spacial score (nSPS) is 12.3. The van der Waals surface area contributed by atoms with Gasteiger partial charge in [0.2, 0.25) is 5.82 Å². The number of hydrogen-bond donors (Lipinski definition) is 0. The first-order chi connectivity index (χ1) is 13.8. The number of aryl methyl sites for hydroxylation is 2. The van der Waals surface area contributed by atoms with Gasteiger partial charge < -0.3 is 0 Å². The first-order valence-corrected chi connectivity index (χ1v) is 9.46. The number of fused-ring (bicyclic) bond motifs is 3. The minimum absolute atomic E-state index is 0.0601. The molecule has 0 saturated heterocycles. The fourth-order valence-electron chi connectivity index (χ4n) is 3.41. The van der Waals surface area contributed by atoms with Crippen LogP contribution in [0.15, 0.2) is 42.7 Å². The average molecular weight is 414 g/mol. The second-order valence-electron chi connectivity index (χ2n) is 6.56. The van der Waals surface area contributed by atoms with Crippen LogP contribution in [0.3, 0.4) is 0 Å². The molecule has 0 amide bonds. The zero-order valence-corrected chi connectivity index (χ0v) is 16.1. The Kier molecular flexibility index (Phi) is 3.75. The van der Waals surface area contributed by atoms with Gasteiger partial charge in [0.05, 0.1) is 5.39 Å². The molecule has 0 N–H and O–H groups in total. The summed E-state index contributed by atoms with van der Waals surface area (Å²) < 4.78 is 41.6. The summed E-state index contributed by atoms with van der Waals surface area (Å²) in [6.45, 7) is 2.01. The van der Waals surface area contributed by atoms with E-state index < -0.39 is 11.9 Å². The predicted octanol–water partition coefficient (Wildman–Crippen LogP) is 4.73. The molecule has 0 aliphatic heterocycles. The van der Waals surface area contributed by atoms with Gasteiger partial charge in [-0.3, -0.25) is 4.68 Å². The fraction of sp³-hybridized carbons (Fsp3) is 0.158. The number of halogens is 3. The van der Waals surface area contributed by atoms with E-state index in [1.54, 1.807) is 11.3 Å². The largest absolute Gasteiger partial charge is 0.433 e. The minimum atomic E-state index is -4.50. The molecule has 4 heterocycles. The number of aromatic nitrogens is 6. The Morgan fingerprint density at radius 2 is 1.83 bits per heavy atom. The monoisotopic (exact) mass is 414 g/mol. The maximum absolute atomic E-state index is 13.1. The zero-order chi connectivity index (χ0) is 20.3. The van der Waals surface area contributed by atoms with Crippen molar-refractivity contribution in [3.63, 3.8) is 0 Å². The summed E-state index contributed by atoms with van der Waals surface area (Å²) in [5, 5.41) is 9.09. The summed E-state index contributed by atoms with van der Waals surface area (Å²) in [5.74, 6) is 0.119. The van der Waals surface area contributed by atoms with Crippen molar-refractivity contribution < 1.29 is 13.2 Å². The minimum Gasteiger partial charge on any atom is -0.263 e. The summed E-state index contributed by atoms with van der Waals surface area (Å²) in [5.41, 5.74) is 1.76. The molecule has 0 bridgehead atoms. The van der Waals surface area contributed by atoms with Gasteiger partial charge in [0.1, 0.15) is 22.5 Å². The highest BCUT2D eigenvalue weighted by atomic mass is 32.1. The van der Waals surface area contributed by atoms with Gasteiger partial charge in [-0.1, -0.05) is 30.3 Å². The van der Waals surface area contributed by atoms with E-state index in [2.05, 4.69) is 20.2 Å². The first kappa shape index (κ1) is 17.8. The Morgan fingerprint density at radius 3 is 2.52 bits per heavy atom. The molecule has 0 saturated carbocycles. The van der Waals surface area contributed by atoms with Crippen molar-refractivity contribution in [3.05, 3.63) is 53.3 Å². The lowest BCUT2D eigenvalue weighted by Gasteiger charge is -2.04. The van der Waals surface area contributed by atoms with Gasteiger partial charge in [0.25, 0.3) is 0 Å². The molecule has 0 radical (unpaired) electrons. The van der Waals surface area contributed by atoms with E-state index in [9.17, 15) is 13.2 Å². The Hall–Kier alpha value is -3.27. The van der Waals surface area contributed by atoms with Crippen LogP contribution in [-0.4, -0.2) is 29.4 Å². The topological polar surface area (TPSA) is 60.9 Å². The smallest absolute Gasteiger partial charge is 0.263 e. The maximum atomic E-state index is 13.1. The SMILES string of the molecule is Cc1sc2ncn3nc(-c4cc(C(F)(F)F)n(C)n4)nc3c2c1-c1ccccc1. The Morgan fingerprint density at radius 1 is 1.07 bits per heavy atom. The molecule has 10 heteroatoms. The number of alkyl halides is 3. The van der Waals surface area contributed by atoms with Crippen LogP contribution < -0.4 is 0 Å². The number of benzene rings is 1. The van der Waals surface area contributed by atoms with Crippen LogP contribution in [0.25, 0.3) is 38.5 Å². The van der Waals surface area contributed by atoms with E-state index >= 15 is 0 Å². The highest BCUT2D eigenvalue weighted by Crippen LogP contribution is 2.39. The van der Waals surface area contributed by atoms with Gasteiger partial charge in [-0.15, -0.1) is 16.4 Å². The summed E-state index contributed by atoms with van der Waals surface area (Å²) in [7, 11) is 1.25. The van der Waals surface area contributed by atoms with Crippen LogP contribution in [0.1, 0.15) is 10.6 Å². The van der Waals surface area contributed by atoms with Crippen molar-refractivity contribution in [2.75, 3.05) is 0 Å². The van der Waals surface area contributed by atoms with E-state index in [4.69, 9.17) is 0 Å². The summed E-state index contributed by atoms with van der Waals surface area (Å²) in [6.07, 6.45) is -2.98. The van der Waals surface area contributed by atoms with Crippen LogP contribution in [0.4, 0.5) is 13.2 Å². The number of thiophene rings is 1. The molecular weight excluding hydrogens is 401 g/mol. The molecule has 0 spiro atoms. The van der Waals surface area contributed by atoms with Crippen LogP contribution in [0.5, 0.6) is 0 Å². The first-order valence-electron chi connectivity index (χ1n) is 8.64. The van der Waals surface area contributed by atoms with Crippen molar-refractivity contribution >= 4 is 27.2 Å². The molecule has 0 aliphatic carbocycles. The molecule has 146 valence electrons. The van der Waals surface area contributed by atoms with Crippen LogP contribution in [0, 0.1) is 6.92 Å². The van der Waals surface area contributed by atoms with Gasteiger partial charge in [-0.25, -0.2) is 14.5 Å². The maximum Gasteiger partial charge on any atom is 0.433 e. The molecule has 0 fully saturated rings.